The monoisotopic (exact) mass is 341 g/mol. The topological polar surface area (TPSA) is 40.5 Å². The summed E-state index contributed by atoms with van der Waals surface area (Å²) in [4.78, 5) is 15.6. The molecular weight excluding hydrogens is 318 g/mol. The molecule has 2 aromatic carbocycles. The van der Waals surface area contributed by atoms with Crippen molar-refractivity contribution in [2.24, 2.45) is 0 Å². The van der Waals surface area contributed by atoms with Crippen molar-refractivity contribution in [2.75, 3.05) is 18.8 Å². The van der Waals surface area contributed by atoms with Gasteiger partial charge in [-0.15, -0.1) is 11.8 Å². The average molecular weight is 341 g/mol. The van der Waals surface area contributed by atoms with Crippen molar-refractivity contribution in [3.05, 3.63) is 60.2 Å². The highest BCUT2D eigenvalue weighted by Gasteiger charge is 2.23. The zero-order valence-electron chi connectivity index (χ0n) is 13.7. The first kappa shape index (κ1) is 16.9. The highest BCUT2D eigenvalue weighted by atomic mass is 32.2. The first-order valence-corrected chi connectivity index (χ1v) is 9.45. The summed E-state index contributed by atoms with van der Waals surface area (Å²) in [5.41, 5.74) is 1.26. The lowest BCUT2D eigenvalue weighted by Crippen LogP contribution is -2.38. The maximum atomic E-state index is 12.4. The van der Waals surface area contributed by atoms with Gasteiger partial charge < -0.3 is 10.0 Å². The first-order chi connectivity index (χ1) is 11.7. The lowest BCUT2D eigenvalue weighted by molar-refractivity contribution is -0.131. The van der Waals surface area contributed by atoms with Gasteiger partial charge in [-0.05, 0) is 48.6 Å². The maximum Gasteiger partial charge on any atom is 0.223 e. The summed E-state index contributed by atoms with van der Waals surface area (Å²) >= 11 is 1.74. The van der Waals surface area contributed by atoms with Gasteiger partial charge >= 0.3 is 0 Å². The van der Waals surface area contributed by atoms with Crippen LogP contribution < -0.4 is 0 Å². The Morgan fingerprint density at radius 3 is 2.38 bits per heavy atom. The number of phenols is 1. The molecule has 1 aliphatic heterocycles. The van der Waals surface area contributed by atoms with E-state index in [1.165, 1.54) is 10.5 Å². The van der Waals surface area contributed by atoms with Gasteiger partial charge in [0.1, 0.15) is 5.75 Å². The third-order valence-electron chi connectivity index (χ3n) is 4.54. The second-order valence-electron chi connectivity index (χ2n) is 6.16. The van der Waals surface area contributed by atoms with E-state index in [4.69, 9.17) is 0 Å². The van der Waals surface area contributed by atoms with Crippen molar-refractivity contribution < 1.29 is 9.90 Å². The van der Waals surface area contributed by atoms with Crippen LogP contribution in [-0.4, -0.2) is 34.8 Å². The third kappa shape index (κ3) is 4.54. The van der Waals surface area contributed by atoms with E-state index >= 15 is 0 Å². The summed E-state index contributed by atoms with van der Waals surface area (Å²) in [6.45, 7) is 1.67. The number of benzene rings is 2. The molecule has 1 saturated heterocycles. The number of aromatic hydroxyl groups is 1. The van der Waals surface area contributed by atoms with Crippen LogP contribution in [0.2, 0.25) is 0 Å². The van der Waals surface area contributed by atoms with Crippen molar-refractivity contribution in [2.45, 2.75) is 30.1 Å². The summed E-state index contributed by atoms with van der Waals surface area (Å²) < 4.78 is 0. The van der Waals surface area contributed by atoms with Gasteiger partial charge in [-0.2, -0.15) is 0 Å². The van der Waals surface area contributed by atoms with E-state index in [2.05, 4.69) is 12.1 Å². The van der Waals surface area contributed by atoms with Crippen LogP contribution in [0.5, 0.6) is 5.75 Å². The van der Waals surface area contributed by atoms with Gasteiger partial charge in [-0.25, -0.2) is 0 Å². The van der Waals surface area contributed by atoms with Gasteiger partial charge in [-0.3, -0.25) is 4.79 Å². The molecule has 126 valence electrons. The molecule has 0 bridgehead atoms. The normalized spacial score (nSPS) is 15.4. The molecule has 1 heterocycles. The highest BCUT2D eigenvalue weighted by molar-refractivity contribution is 7.99. The van der Waals surface area contributed by atoms with E-state index in [0.29, 0.717) is 18.1 Å². The number of likely N-dealkylation sites (tertiary alicyclic amines) is 1. The zero-order chi connectivity index (χ0) is 16.8. The molecule has 0 aromatic heterocycles. The lowest BCUT2D eigenvalue weighted by atomic mass is 9.89. The Bertz CT molecular complexity index is 649. The smallest absolute Gasteiger partial charge is 0.223 e. The molecule has 3 nitrogen and oxygen atoms in total. The fourth-order valence-corrected chi connectivity index (χ4v) is 4.00. The van der Waals surface area contributed by atoms with Crippen LogP contribution in [0.15, 0.2) is 59.5 Å². The molecule has 0 saturated carbocycles. The molecule has 0 aliphatic carbocycles. The van der Waals surface area contributed by atoms with Gasteiger partial charge in [0, 0.05) is 30.2 Å². The minimum Gasteiger partial charge on any atom is -0.508 e. The molecule has 3 rings (SSSR count). The molecule has 1 amide bonds. The Morgan fingerprint density at radius 2 is 1.71 bits per heavy atom. The number of hydrogen-bond acceptors (Lipinski definition) is 3. The molecule has 0 spiro atoms. The molecular formula is C20H23NO2S. The first-order valence-electron chi connectivity index (χ1n) is 8.47. The van der Waals surface area contributed by atoms with Crippen LogP contribution in [0.3, 0.4) is 0 Å². The Kier molecular flexibility index (Phi) is 5.81. The molecule has 2 aromatic rings. The minimum absolute atomic E-state index is 0.266. The Balaban J connectivity index is 1.42. The number of amides is 1. The van der Waals surface area contributed by atoms with Crippen molar-refractivity contribution in [3.8, 4) is 5.75 Å². The van der Waals surface area contributed by atoms with E-state index in [9.17, 15) is 9.90 Å². The molecule has 4 heteroatoms. The zero-order valence-corrected chi connectivity index (χ0v) is 14.5. The van der Waals surface area contributed by atoms with E-state index in [1.54, 1.807) is 23.9 Å². The van der Waals surface area contributed by atoms with Gasteiger partial charge in [0.2, 0.25) is 5.91 Å². The molecule has 1 aliphatic rings. The standard InChI is InChI=1S/C20H23NO2S/c22-18-8-6-16(7-9-18)17-10-13-21(14-11-17)20(23)12-15-24-19-4-2-1-3-5-19/h1-9,17,22H,10-15H2. The van der Waals surface area contributed by atoms with Gasteiger partial charge in [0.25, 0.3) is 0 Å². The number of phenolic OH excluding ortho intramolecular Hbond substituents is 1. The average Bonchev–Trinajstić information content (AvgIpc) is 2.63. The SMILES string of the molecule is O=C(CCSc1ccccc1)N1CCC(c2ccc(O)cc2)CC1. The summed E-state index contributed by atoms with van der Waals surface area (Å²) in [6, 6.07) is 17.7. The van der Waals surface area contributed by atoms with Crippen molar-refractivity contribution in [1.82, 2.24) is 4.90 Å². The summed E-state index contributed by atoms with van der Waals surface area (Å²) in [5, 5.41) is 9.38. The second-order valence-corrected chi connectivity index (χ2v) is 7.33. The minimum atomic E-state index is 0.266. The van der Waals surface area contributed by atoms with Gasteiger partial charge in [0.15, 0.2) is 0 Å². The van der Waals surface area contributed by atoms with Crippen LogP contribution >= 0.6 is 11.8 Å². The van der Waals surface area contributed by atoms with Crippen LogP contribution in [0, 0.1) is 0 Å². The van der Waals surface area contributed by atoms with Gasteiger partial charge in [0.05, 0.1) is 0 Å². The molecule has 1 N–H and O–H groups in total. The summed E-state index contributed by atoms with van der Waals surface area (Å²) in [5.74, 6) is 1.90. The van der Waals surface area contributed by atoms with Crippen molar-refractivity contribution in [1.29, 1.82) is 0 Å². The van der Waals surface area contributed by atoms with Gasteiger partial charge in [-0.1, -0.05) is 30.3 Å². The van der Waals surface area contributed by atoms with E-state index in [0.717, 1.165) is 31.7 Å². The van der Waals surface area contributed by atoms with E-state index < -0.39 is 0 Å². The predicted octanol–water partition coefficient (Wildman–Crippen LogP) is 4.28. The van der Waals surface area contributed by atoms with Crippen LogP contribution in [0.1, 0.15) is 30.7 Å². The predicted molar refractivity (Wildman–Crippen MR) is 98.4 cm³/mol. The molecule has 24 heavy (non-hydrogen) atoms. The van der Waals surface area contributed by atoms with E-state index in [1.807, 2.05) is 35.2 Å². The third-order valence-corrected chi connectivity index (χ3v) is 5.55. The van der Waals surface area contributed by atoms with Crippen molar-refractivity contribution >= 4 is 17.7 Å². The number of nitrogens with zero attached hydrogens (tertiary/aromatic N) is 1. The van der Waals surface area contributed by atoms with Crippen LogP contribution in [0.4, 0.5) is 0 Å². The molecule has 0 radical (unpaired) electrons. The fraction of sp³-hybridized carbons (Fsp3) is 0.350. The highest BCUT2D eigenvalue weighted by Crippen LogP contribution is 2.29. The Hall–Kier alpha value is -1.94. The largest absolute Gasteiger partial charge is 0.508 e. The van der Waals surface area contributed by atoms with E-state index in [-0.39, 0.29) is 5.91 Å². The number of rotatable bonds is 5. The lowest BCUT2D eigenvalue weighted by Gasteiger charge is -2.32. The molecule has 1 fully saturated rings. The second kappa shape index (κ2) is 8.25. The summed E-state index contributed by atoms with van der Waals surface area (Å²) in [6.07, 6.45) is 2.61. The number of hydrogen-bond donors (Lipinski definition) is 1. The molecule has 0 atom stereocenters. The molecule has 0 unspecified atom stereocenters. The van der Waals surface area contributed by atoms with Crippen molar-refractivity contribution in [3.63, 3.8) is 0 Å². The van der Waals surface area contributed by atoms with Crippen LogP contribution in [0.25, 0.3) is 0 Å². The number of carbonyl (C=O) groups excluding carboxylic acids is 1. The number of piperidine rings is 1. The maximum absolute atomic E-state index is 12.4. The summed E-state index contributed by atoms with van der Waals surface area (Å²) in [7, 11) is 0. The number of carbonyl (C=O) groups is 1. The Morgan fingerprint density at radius 1 is 1.04 bits per heavy atom. The number of thioether (sulfide) groups is 1. The Labute approximate surface area is 147 Å². The quantitative estimate of drug-likeness (QED) is 0.825. The van der Waals surface area contributed by atoms with Crippen LogP contribution in [-0.2, 0) is 4.79 Å². The fourth-order valence-electron chi connectivity index (χ4n) is 3.14.